The molecule has 0 bridgehead atoms. The molecule has 1 aliphatic rings. The van der Waals surface area contributed by atoms with Gasteiger partial charge in [0.05, 0.1) is 17.1 Å². The number of likely N-dealkylation sites (N-methyl/N-ethyl adjacent to an activating group) is 1. The molecule has 1 fully saturated rings. The molecule has 1 aromatic rings. The van der Waals surface area contributed by atoms with Crippen molar-refractivity contribution >= 4 is 17.3 Å². The molecular weight excluding hydrogens is 260 g/mol. The van der Waals surface area contributed by atoms with Crippen LogP contribution >= 0.6 is 0 Å². The summed E-state index contributed by atoms with van der Waals surface area (Å²) in [5.74, 6) is 0.871. The molecule has 1 saturated carbocycles. The lowest BCUT2D eigenvalue weighted by atomic mass is 9.91. The number of hydrogen-bond acceptors (Lipinski definition) is 6. The molecule has 0 aliphatic heterocycles. The van der Waals surface area contributed by atoms with Crippen LogP contribution in [0.1, 0.15) is 25.7 Å². The molecule has 20 heavy (non-hydrogen) atoms. The fraction of sp³-hybridized carbons (Fsp3) is 0.615. The Kier molecular flexibility index (Phi) is 4.39. The Bertz CT molecular complexity index is 495. The van der Waals surface area contributed by atoms with Crippen molar-refractivity contribution in [3.63, 3.8) is 0 Å². The van der Waals surface area contributed by atoms with Crippen LogP contribution < -0.4 is 10.2 Å². The van der Waals surface area contributed by atoms with Gasteiger partial charge in [0, 0.05) is 20.2 Å². The summed E-state index contributed by atoms with van der Waals surface area (Å²) in [4.78, 5) is 16.7. The van der Waals surface area contributed by atoms with E-state index in [1.54, 1.807) is 25.1 Å². The van der Waals surface area contributed by atoms with E-state index < -0.39 is 11.0 Å². The van der Waals surface area contributed by atoms with Crippen LogP contribution in [-0.2, 0) is 0 Å². The summed E-state index contributed by atoms with van der Waals surface area (Å²) in [5.41, 5.74) is -0.0377. The normalized spacial score (nSPS) is 22.4. The van der Waals surface area contributed by atoms with E-state index in [2.05, 4.69) is 10.3 Å². The van der Waals surface area contributed by atoms with Crippen LogP contribution in [0.2, 0.25) is 0 Å². The number of aliphatic hydroxyl groups is 1. The Labute approximate surface area is 117 Å². The van der Waals surface area contributed by atoms with Crippen molar-refractivity contribution in [3.8, 4) is 0 Å². The van der Waals surface area contributed by atoms with Crippen molar-refractivity contribution in [1.29, 1.82) is 0 Å². The van der Waals surface area contributed by atoms with Gasteiger partial charge in [0.25, 0.3) is 0 Å². The number of hydrogen-bond donors (Lipinski definition) is 2. The molecule has 7 nitrogen and oxygen atoms in total. The highest BCUT2D eigenvalue weighted by molar-refractivity contribution is 5.62. The van der Waals surface area contributed by atoms with Gasteiger partial charge in [-0.2, -0.15) is 0 Å². The minimum absolute atomic E-state index is 0.0377. The molecule has 0 aromatic carbocycles. The number of nitrogens with one attached hydrogen (secondary N) is 1. The molecule has 2 unspecified atom stereocenters. The van der Waals surface area contributed by atoms with E-state index >= 15 is 0 Å². The van der Waals surface area contributed by atoms with Gasteiger partial charge in [-0.3, -0.25) is 10.1 Å². The first-order valence-corrected chi connectivity index (χ1v) is 6.78. The number of nitro groups is 1. The largest absolute Gasteiger partial charge is 0.391 e. The standard InChI is InChI=1S/C13H20N4O3/c1-14-12-8-7-10(17(19)20)13(15-12)16(2)9-5-3-4-6-11(9)18/h7-9,11,18H,3-6H2,1-2H3,(H,14,15). The van der Waals surface area contributed by atoms with Crippen LogP contribution in [0.25, 0.3) is 0 Å². The predicted molar refractivity (Wildman–Crippen MR) is 77.1 cm³/mol. The highest BCUT2D eigenvalue weighted by Gasteiger charge is 2.31. The van der Waals surface area contributed by atoms with E-state index in [-0.39, 0.29) is 11.7 Å². The maximum absolute atomic E-state index is 11.1. The van der Waals surface area contributed by atoms with Crippen LogP contribution in [0.5, 0.6) is 0 Å². The monoisotopic (exact) mass is 280 g/mol. The van der Waals surface area contributed by atoms with Crippen LogP contribution in [-0.4, -0.2) is 41.3 Å². The SMILES string of the molecule is CNc1ccc([N+](=O)[O-])c(N(C)C2CCCCC2O)n1. The summed E-state index contributed by atoms with van der Waals surface area (Å²) in [7, 11) is 3.47. The zero-order valence-electron chi connectivity index (χ0n) is 11.7. The third kappa shape index (κ3) is 2.82. The Morgan fingerprint density at radius 3 is 2.75 bits per heavy atom. The molecule has 2 rings (SSSR count). The van der Waals surface area contributed by atoms with Crippen molar-refractivity contribution in [2.75, 3.05) is 24.3 Å². The lowest BCUT2D eigenvalue weighted by Gasteiger charge is -2.35. The fourth-order valence-electron chi connectivity index (χ4n) is 2.68. The second-order valence-corrected chi connectivity index (χ2v) is 5.08. The number of aromatic nitrogens is 1. The summed E-state index contributed by atoms with van der Waals surface area (Å²) >= 11 is 0. The van der Waals surface area contributed by atoms with Gasteiger partial charge in [0.1, 0.15) is 5.82 Å². The molecule has 0 saturated heterocycles. The van der Waals surface area contributed by atoms with E-state index in [0.29, 0.717) is 11.6 Å². The van der Waals surface area contributed by atoms with Crippen molar-refractivity contribution in [2.45, 2.75) is 37.8 Å². The Hall–Kier alpha value is -1.89. The Balaban J connectivity index is 2.35. The van der Waals surface area contributed by atoms with E-state index in [4.69, 9.17) is 0 Å². The van der Waals surface area contributed by atoms with Crippen LogP contribution in [0.3, 0.4) is 0 Å². The zero-order valence-corrected chi connectivity index (χ0v) is 11.7. The van der Waals surface area contributed by atoms with Crippen molar-refractivity contribution < 1.29 is 10.0 Å². The quantitative estimate of drug-likeness (QED) is 0.645. The average Bonchev–Trinajstić information content (AvgIpc) is 2.46. The fourth-order valence-corrected chi connectivity index (χ4v) is 2.68. The Morgan fingerprint density at radius 2 is 2.15 bits per heavy atom. The molecular formula is C13H20N4O3. The lowest BCUT2D eigenvalue weighted by Crippen LogP contribution is -2.44. The van der Waals surface area contributed by atoms with Gasteiger partial charge in [0.15, 0.2) is 0 Å². The average molecular weight is 280 g/mol. The molecule has 110 valence electrons. The summed E-state index contributed by atoms with van der Waals surface area (Å²) in [6, 6.07) is 2.90. The van der Waals surface area contributed by atoms with E-state index in [1.807, 2.05) is 0 Å². The second kappa shape index (κ2) is 6.04. The van der Waals surface area contributed by atoms with Gasteiger partial charge < -0.3 is 15.3 Å². The van der Waals surface area contributed by atoms with Crippen molar-refractivity contribution in [2.24, 2.45) is 0 Å². The molecule has 2 N–H and O–H groups in total. The summed E-state index contributed by atoms with van der Waals surface area (Å²) < 4.78 is 0. The summed E-state index contributed by atoms with van der Waals surface area (Å²) in [5, 5.41) is 24.1. The van der Waals surface area contributed by atoms with Crippen molar-refractivity contribution in [3.05, 3.63) is 22.2 Å². The minimum Gasteiger partial charge on any atom is -0.391 e. The molecule has 0 amide bonds. The van der Waals surface area contributed by atoms with E-state index in [9.17, 15) is 15.2 Å². The van der Waals surface area contributed by atoms with Gasteiger partial charge in [-0.15, -0.1) is 0 Å². The first kappa shape index (κ1) is 14.5. The molecule has 1 aliphatic carbocycles. The smallest absolute Gasteiger partial charge is 0.311 e. The maximum atomic E-state index is 11.1. The topological polar surface area (TPSA) is 91.5 Å². The van der Waals surface area contributed by atoms with Crippen LogP contribution in [0.4, 0.5) is 17.3 Å². The predicted octanol–water partition coefficient (Wildman–Crippen LogP) is 1.77. The number of anilines is 2. The Morgan fingerprint density at radius 1 is 1.45 bits per heavy atom. The van der Waals surface area contributed by atoms with Gasteiger partial charge in [-0.1, -0.05) is 12.8 Å². The molecule has 0 spiro atoms. The van der Waals surface area contributed by atoms with Crippen LogP contribution in [0, 0.1) is 10.1 Å². The second-order valence-electron chi connectivity index (χ2n) is 5.08. The maximum Gasteiger partial charge on any atom is 0.311 e. The number of rotatable bonds is 4. The summed E-state index contributed by atoms with van der Waals surface area (Å²) in [6.07, 6.45) is 3.10. The third-order valence-electron chi connectivity index (χ3n) is 3.83. The first-order chi connectivity index (χ1) is 9.54. The van der Waals surface area contributed by atoms with Crippen LogP contribution in [0.15, 0.2) is 12.1 Å². The van der Waals surface area contributed by atoms with Gasteiger partial charge in [-0.05, 0) is 18.9 Å². The molecule has 1 aromatic heterocycles. The lowest BCUT2D eigenvalue weighted by molar-refractivity contribution is -0.384. The van der Waals surface area contributed by atoms with Crippen molar-refractivity contribution in [1.82, 2.24) is 4.98 Å². The minimum atomic E-state index is -0.464. The van der Waals surface area contributed by atoms with E-state index in [0.717, 1.165) is 25.7 Å². The number of nitrogens with zero attached hydrogens (tertiary/aromatic N) is 3. The summed E-state index contributed by atoms with van der Waals surface area (Å²) in [6.45, 7) is 0. The molecule has 1 heterocycles. The number of aliphatic hydroxyl groups excluding tert-OH is 1. The first-order valence-electron chi connectivity index (χ1n) is 6.78. The number of pyridine rings is 1. The highest BCUT2D eigenvalue weighted by Crippen LogP contribution is 2.32. The van der Waals surface area contributed by atoms with Gasteiger partial charge in [0.2, 0.25) is 5.82 Å². The molecule has 2 atom stereocenters. The van der Waals surface area contributed by atoms with Gasteiger partial charge >= 0.3 is 5.69 Å². The van der Waals surface area contributed by atoms with E-state index in [1.165, 1.54) is 6.07 Å². The van der Waals surface area contributed by atoms with Gasteiger partial charge in [-0.25, -0.2) is 4.98 Å². The zero-order chi connectivity index (χ0) is 14.7. The third-order valence-corrected chi connectivity index (χ3v) is 3.83. The highest BCUT2D eigenvalue weighted by atomic mass is 16.6. The molecule has 7 heteroatoms. The molecule has 0 radical (unpaired) electrons.